The number of aryl methyl sites for hydroxylation is 1. The molecule has 2 aromatic carbocycles. The lowest BCUT2D eigenvalue weighted by atomic mass is 9.90. The SMILES string of the molecule is COc1ccc(CCC2CCN(C(=O)c3ccc(=O)n(CCOc4ccccc4)n3)CC2)cc1. The summed E-state index contributed by atoms with van der Waals surface area (Å²) in [7, 11) is 1.68. The maximum atomic E-state index is 13.0. The molecule has 2 heterocycles. The molecule has 3 aromatic rings. The molecule has 0 radical (unpaired) electrons. The average molecular weight is 462 g/mol. The molecule has 1 saturated heterocycles. The Labute approximate surface area is 199 Å². The van der Waals surface area contributed by atoms with Gasteiger partial charge in [-0.1, -0.05) is 30.3 Å². The summed E-state index contributed by atoms with van der Waals surface area (Å²) in [6.45, 7) is 2.00. The Hall–Kier alpha value is -3.61. The molecule has 1 aromatic heterocycles. The lowest BCUT2D eigenvalue weighted by molar-refractivity contribution is 0.0677. The van der Waals surface area contributed by atoms with Gasteiger partial charge in [-0.3, -0.25) is 9.59 Å². The minimum atomic E-state index is -0.245. The first-order valence-corrected chi connectivity index (χ1v) is 11.8. The topological polar surface area (TPSA) is 73.7 Å². The Bertz CT molecular complexity index is 1120. The van der Waals surface area contributed by atoms with Crippen LogP contribution in [0.4, 0.5) is 0 Å². The van der Waals surface area contributed by atoms with E-state index in [1.807, 2.05) is 47.4 Å². The van der Waals surface area contributed by atoms with E-state index < -0.39 is 0 Å². The molecule has 1 fully saturated rings. The summed E-state index contributed by atoms with van der Waals surface area (Å²) >= 11 is 0. The highest BCUT2D eigenvalue weighted by Gasteiger charge is 2.24. The number of likely N-dealkylation sites (tertiary alicyclic amines) is 1. The maximum absolute atomic E-state index is 13.0. The molecule has 1 amide bonds. The molecule has 178 valence electrons. The summed E-state index contributed by atoms with van der Waals surface area (Å²) in [5.74, 6) is 2.09. The summed E-state index contributed by atoms with van der Waals surface area (Å²) in [6, 6.07) is 20.6. The fourth-order valence-corrected chi connectivity index (χ4v) is 4.24. The van der Waals surface area contributed by atoms with Crippen LogP contribution in [0.2, 0.25) is 0 Å². The number of aromatic nitrogens is 2. The smallest absolute Gasteiger partial charge is 0.274 e. The largest absolute Gasteiger partial charge is 0.497 e. The number of hydrogen-bond acceptors (Lipinski definition) is 5. The monoisotopic (exact) mass is 461 g/mol. The van der Waals surface area contributed by atoms with Crippen LogP contribution in [-0.2, 0) is 13.0 Å². The van der Waals surface area contributed by atoms with Crippen LogP contribution in [0, 0.1) is 5.92 Å². The minimum absolute atomic E-state index is 0.119. The van der Waals surface area contributed by atoms with E-state index in [2.05, 4.69) is 17.2 Å². The van der Waals surface area contributed by atoms with E-state index in [1.165, 1.54) is 22.4 Å². The molecule has 34 heavy (non-hydrogen) atoms. The Morgan fingerprint density at radius 1 is 0.971 bits per heavy atom. The summed E-state index contributed by atoms with van der Waals surface area (Å²) in [4.78, 5) is 27.1. The number of carbonyl (C=O) groups is 1. The molecule has 0 spiro atoms. The third kappa shape index (κ3) is 6.25. The van der Waals surface area contributed by atoms with Crippen LogP contribution in [0.15, 0.2) is 71.5 Å². The van der Waals surface area contributed by atoms with Gasteiger partial charge in [0.15, 0.2) is 0 Å². The van der Waals surface area contributed by atoms with Crippen molar-refractivity contribution in [1.29, 1.82) is 0 Å². The Morgan fingerprint density at radius 3 is 2.41 bits per heavy atom. The first-order valence-electron chi connectivity index (χ1n) is 11.8. The average Bonchev–Trinajstić information content (AvgIpc) is 2.89. The van der Waals surface area contributed by atoms with Crippen molar-refractivity contribution in [2.75, 3.05) is 26.8 Å². The molecule has 0 bridgehead atoms. The van der Waals surface area contributed by atoms with E-state index in [9.17, 15) is 9.59 Å². The van der Waals surface area contributed by atoms with E-state index in [1.54, 1.807) is 7.11 Å². The number of hydrogen-bond donors (Lipinski definition) is 0. The molecule has 0 unspecified atom stereocenters. The van der Waals surface area contributed by atoms with Gasteiger partial charge in [0.2, 0.25) is 0 Å². The number of benzene rings is 2. The predicted molar refractivity (Wildman–Crippen MR) is 130 cm³/mol. The Balaban J connectivity index is 1.26. The van der Waals surface area contributed by atoms with Gasteiger partial charge < -0.3 is 14.4 Å². The number of para-hydroxylation sites is 1. The zero-order chi connectivity index (χ0) is 23.8. The summed E-state index contributed by atoms with van der Waals surface area (Å²) < 4.78 is 12.2. The third-order valence-electron chi connectivity index (χ3n) is 6.30. The van der Waals surface area contributed by atoms with Crippen molar-refractivity contribution in [1.82, 2.24) is 14.7 Å². The van der Waals surface area contributed by atoms with Gasteiger partial charge in [-0.2, -0.15) is 5.10 Å². The normalized spacial score (nSPS) is 14.1. The van der Waals surface area contributed by atoms with Gasteiger partial charge in [0, 0.05) is 19.2 Å². The molecule has 0 aliphatic carbocycles. The van der Waals surface area contributed by atoms with Crippen molar-refractivity contribution in [3.05, 3.63) is 88.3 Å². The summed E-state index contributed by atoms with van der Waals surface area (Å²) in [5, 5.41) is 4.31. The second-order valence-corrected chi connectivity index (χ2v) is 8.56. The lowest BCUT2D eigenvalue weighted by Crippen LogP contribution is -2.40. The van der Waals surface area contributed by atoms with E-state index in [-0.39, 0.29) is 18.0 Å². The van der Waals surface area contributed by atoms with Crippen molar-refractivity contribution in [2.45, 2.75) is 32.2 Å². The fraction of sp³-hybridized carbons (Fsp3) is 0.370. The molecule has 0 atom stereocenters. The highest BCUT2D eigenvalue weighted by atomic mass is 16.5. The van der Waals surface area contributed by atoms with Gasteiger partial charge in [-0.25, -0.2) is 4.68 Å². The number of nitrogens with zero attached hydrogens (tertiary/aromatic N) is 3. The molecule has 0 saturated carbocycles. The van der Waals surface area contributed by atoms with Gasteiger partial charge in [-0.15, -0.1) is 0 Å². The first kappa shape index (κ1) is 23.5. The summed E-state index contributed by atoms with van der Waals surface area (Å²) in [5.41, 5.74) is 1.36. The molecule has 1 aliphatic rings. The van der Waals surface area contributed by atoms with Crippen LogP contribution in [-0.4, -0.2) is 47.4 Å². The Morgan fingerprint density at radius 2 is 1.71 bits per heavy atom. The highest BCUT2D eigenvalue weighted by Crippen LogP contribution is 2.24. The van der Waals surface area contributed by atoms with Crippen molar-refractivity contribution in [2.24, 2.45) is 5.92 Å². The third-order valence-corrected chi connectivity index (χ3v) is 6.30. The second kappa shape index (κ2) is 11.5. The molecule has 0 N–H and O–H groups in total. The van der Waals surface area contributed by atoms with Crippen LogP contribution >= 0.6 is 0 Å². The molecule has 7 nitrogen and oxygen atoms in total. The number of rotatable bonds is 9. The zero-order valence-corrected chi connectivity index (χ0v) is 19.6. The van der Waals surface area contributed by atoms with Gasteiger partial charge in [0.1, 0.15) is 23.8 Å². The van der Waals surface area contributed by atoms with Crippen molar-refractivity contribution < 1.29 is 14.3 Å². The van der Waals surface area contributed by atoms with E-state index in [0.717, 1.165) is 37.2 Å². The molecular formula is C27H31N3O4. The number of piperidine rings is 1. The number of amides is 1. The minimum Gasteiger partial charge on any atom is -0.497 e. The van der Waals surface area contributed by atoms with Crippen LogP contribution < -0.4 is 15.0 Å². The van der Waals surface area contributed by atoms with E-state index >= 15 is 0 Å². The molecule has 4 rings (SSSR count). The van der Waals surface area contributed by atoms with Crippen LogP contribution in [0.3, 0.4) is 0 Å². The molecular weight excluding hydrogens is 430 g/mol. The van der Waals surface area contributed by atoms with Crippen LogP contribution in [0.5, 0.6) is 11.5 Å². The van der Waals surface area contributed by atoms with Crippen molar-refractivity contribution in [3.63, 3.8) is 0 Å². The zero-order valence-electron chi connectivity index (χ0n) is 19.6. The van der Waals surface area contributed by atoms with Crippen LogP contribution in [0.25, 0.3) is 0 Å². The molecule has 1 aliphatic heterocycles. The number of methoxy groups -OCH3 is 1. The summed E-state index contributed by atoms with van der Waals surface area (Å²) in [6.07, 6.45) is 4.10. The highest BCUT2D eigenvalue weighted by molar-refractivity contribution is 5.92. The van der Waals surface area contributed by atoms with Gasteiger partial charge in [0.05, 0.1) is 13.7 Å². The first-order chi connectivity index (χ1) is 16.6. The number of ether oxygens (including phenoxy) is 2. The van der Waals surface area contributed by atoms with Gasteiger partial charge in [0.25, 0.3) is 11.5 Å². The van der Waals surface area contributed by atoms with E-state index in [0.29, 0.717) is 31.3 Å². The lowest BCUT2D eigenvalue weighted by Gasteiger charge is -2.32. The Kier molecular flexibility index (Phi) is 7.96. The van der Waals surface area contributed by atoms with Gasteiger partial charge >= 0.3 is 0 Å². The number of carbonyl (C=O) groups excluding carboxylic acids is 1. The fourth-order valence-electron chi connectivity index (χ4n) is 4.24. The van der Waals surface area contributed by atoms with Crippen LogP contribution in [0.1, 0.15) is 35.3 Å². The standard InChI is InChI=1S/C27H31N3O4/c1-33-23-11-9-21(10-12-23)7-8-22-15-17-29(18-16-22)27(32)25-13-14-26(31)30(28-25)19-20-34-24-5-3-2-4-6-24/h2-6,9-14,22H,7-8,15-20H2,1H3. The quantitative estimate of drug-likeness (QED) is 0.484. The van der Waals surface area contributed by atoms with Gasteiger partial charge in [-0.05, 0) is 67.5 Å². The maximum Gasteiger partial charge on any atom is 0.274 e. The second-order valence-electron chi connectivity index (χ2n) is 8.56. The molecule has 7 heteroatoms. The predicted octanol–water partition coefficient (Wildman–Crippen LogP) is 3.82. The van der Waals surface area contributed by atoms with Crippen molar-refractivity contribution >= 4 is 5.91 Å². The van der Waals surface area contributed by atoms with E-state index in [4.69, 9.17) is 9.47 Å². The van der Waals surface area contributed by atoms with Crippen molar-refractivity contribution in [3.8, 4) is 11.5 Å².